The summed E-state index contributed by atoms with van der Waals surface area (Å²) in [6.45, 7) is 1.04. The van der Waals surface area contributed by atoms with Gasteiger partial charge in [-0.15, -0.1) is 0 Å². The Balaban J connectivity index is 2.02. The minimum absolute atomic E-state index is 0.237. The van der Waals surface area contributed by atoms with E-state index >= 15 is 0 Å². The Kier molecular flexibility index (Phi) is 3.19. The number of aliphatic hydroxyl groups is 1. The van der Waals surface area contributed by atoms with Crippen molar-refractivity contribution in [1.82, 2.24) is 5.16 Å². The van der Waals surface area contributed by atoms with Crippen LogP contribution in [-0.2, 0) is 0 Å². The van der Waals surface area contributed by atoms with Gasteiger partial charge in [-0.05, 0) is 25.0 Å². The van der Waals surface area contributed by atoms with Gasteiger partial charge in [-0.3, -0.25) is 0 Å². The molecule has 1 aromatic carbocycles. The summed E-state index contributed by atoms with van der Waals surface area (Å²) in [6.07, 6.45) is 1.74. The lowest BCUT2D eigenvalue weighted by Crippen LogP contribution is -2.02. The average Bonchev–Trinajstić information content (AvgIpc) is 2.68. The first kappa shape index (κ1) is 9.98. The van der Waals surface area contributed by atoms with E-state index in [1.165, 1.54) is 0 Å². The molecule has 0 fully saturated rings. The highest BCUT2D eigenvalue weighted by Crippen LogP contribution is 2.21. The highest BCUT2D eigenvalue weighted by atomic mass is 16.5. The summed E-state index contributed by atoms with van der Waals surface area (Å²) in [5, 5.41) is 16.8. The molecule has 0 amide bonds. The maximum atomic E-state index is 8.63. The molecule has 15 heavy (non-hydrogen) atoms. The van der Waals surface area contributed by atoms with E-state index in [1.54, 1.807) is 0 Å². The molecule has 1 aromatic heterocycles. The molecule has 0 radical (unpaired) electrons. The molecule has 1 heterocycles. The van der Waals surface area contributed by atoms with Gasteiger partial charge in [0.25, 0.3) is 0 Å². The van der Waals surface area contributed by atoms with Crippen molar-refractivity contribution in [3.05, 3.63) is 24.3 Å². The molecule has 0 spiro atoms. The number of aromatic nitrogens is 1. The van der Waals surface area contributed by atoms with Crippen LogP contribution in [0.3, 0.4) is 0 Å². The van der Waals surface area contributed by atoms with Crippen LogP contribution in [0.2, 0.25) is 0 Å². The van der Waals surface area contributed by atoms with Gasteiger partial charge in [0.2, 0.25) is 0 Å². The number of unbranched alkanes of at least 4 members (excludes halogenated alkanes) is 1. The highest BCUT2D eigenvalue weighted by molar-refractivity contribution is 5.87. The maximum Gasteiger partial charge on any atom is 0.177 e. The topological polar surface area (TPSA) is 58.3 Å². The van der Waals surface area contributed by atoms with E-state index in [0.717, 1.165) is 36.2 Å². The monoisotopic (exact) mass is 206 g/mol. The SMILES string of the molecule is OCCCCNc1noc2ccccc12. The first-order valence-electron chi connectivity index (χ1n) is 5.11. The zero-order chi connectivity index (χ0) is 10.5. The smallest absolute Gasteiger partial charge is 0.177 e. The molecule has 0 saturated heterocycles. The van der Waals surface area contributed by atoms with Crippen molar-refractivity contribution in [1.29, 1.82) is 0 Å². The number of para-hydroxylation sites is 1. The normalized spacial score (nSPS) is 10.7. The maximum absolute atomic E-state index is 8.63. The Bertz CT molecular complexity index is 425. The fourth-order valence-corrected chi connectivity index (χ4v) is 1.46. The molecule has 0 unspecified atom stereocenters. The average molecular weight is 206 g/mol. The summed E-state index contributed by atoms with van der Waals surface area (Å²) in [7, 11) is 0. The van der Waals surface area contributed by atoms with Crippen LogP contribution in [0.4, 0.5) is 5.82 Å². The van der Waals surface area contributed by atoms with Crippen molar-refractivity contribution >= 4 is 16.8 Å². The van der Waals surface area contributed by atoms with Crippen LogP contribution >= 0.6 is 0 Å². The fraction of sp³-hybridized carbons (Fsp3) is 0.364. The van der Waals surface area contributed by atoms with Crippen molar-refractivity contribution in [2.45, 2.75) is 12.8 Å². The lowest BCUT2D eigenvalue weighted by molar-refractivity contribution is 0.286. The number of nitrogens with one attached hydrogen (secondary N) is 1. The summed E-state index contributed by atoms with van der Waals surface area (Å²) in [6, 6.07) is 7.74. The lowest BCUT2D eigenvalue weighted by atomic mass is 10.2. The first-order chi connectivity index (χ1) is 7.42. The van der Waals surface area contributed by atoms with Gasteiger partial charge in [-0.25, -0.2) is 0 Å². The summed E-state index contributed by atoms with van der Waals surface area (Å²) >= 11 is 0. The largest absolute Gasteiger partial charge is 0.396 e. The first-order valence-corrected chi connectivity index (χ1v) is 5.11. The number of hydrogen-bond donors (Lipinski definition) is 2. The van der Waals surface area contributed by atoms with Crippen molar-refractivity contribution < 1.29 is 9.63 Å². The van der Waals surface area contributed by atoms with Gasteiger partial charge < -0.3 is 14.9 Å². The minimum Gasteiger partial charge on any atom is -0.396 e. The molecule has 0 atom stereocenters. The molecule has 0 aliphatic heterocycles. The van der Waals surface area contributed by atoms with Crippen LogP contribution in [0, 0.1) is 0 Å². The second kappa shape index (κ2) is 4.79. The molecule has 0 bridgehead atoms. The third-order valence-corrected chi connectivity index (χ3v) is 2.25. The third-order valence-electron chi connectivity index (χ3n) is 2.25. The van der Waals surface area contributed by atoms with Crippen molar-refractivity contribution in [3.8, 4) is 0 Å². The summed E-state index contributed by atoms with van der Waals surface area (Å²) in [5.74, 6) is 0.781. The number of hydrogen-bond acceptors (Lipinski definition) is 4. The summed E-state index contributed by atoms with van der Waals surface area (Å²) in [5.41, 5.74) is 0.794. The predicted octanol–water partition coefficient (Wildman–Crippen LogP) is 2.01. The van der Waals surface area contributed by atoms with Crippen LogP contribution in [0.15, 0.2) is 28.8 Å². The number of aliphatic hydroxyl groups excluding tert-OH is 1. The van der Waals surface area contributed by atoms with Crippen molar-refractivity contribution in [2.75, 3.05) is 18.5 Å². The van der Waals surface area contributed by atoms with Gasteiger partial charge in [0.05, 0.1) is 5.39 Å². The Morgan fingerprint density at radius 2 is 2.13 bits per heavy atom. The van der Waals surface area contributed by atoms with Crippen LogP contribution in [-0.4, -0.2) is 23.4 Å². The van der Waals surface area contributed by atoms with Gasteiger partial charge >= 0.3 is 0 Å². The van der Waals surface area contributed by atoms with E-state index in [0.29, 0.717) is 0 Å². The van der Waals surface area contributed by atoms with Gasteiger partial charge in [-0.2, -0.15) is 0 Å². The molecule has 0 aliphatic rings. The number of anilines is 1. The van der Waals surface area contributed by atoms with Crippen LogP contribution in [0.5, 0.6) is 0 Å². The number of fused-ring (bicyclic) bond motifs is 1. The molecule has 80 valence electrons. The quantitative estimate of drug-likeness (QED) is 0.735. The zero-order valence-corrected chi connectivity index (χ0v) is 8.44. The molecule has 0 aliphatic carbocycles. The van der Waals surface area contributed by atoms with Gasteiger partial charge in [0, 0.05) is 13.2 Å². The fourth-order valence-electron chi connectivity index (χ4n) is 1.46. The van der Waals surface area contributed by atoms with Crippen LogP contribution in [0.25, 0.3) is 11.0 Å². The number of nitrogens with zero attached hydrogens (tertiary/aromatic N) is 1. The Labute approximate surface area is 87.9 Å². The van der Waals surface area contributed by atoms with Crippen molar-refractivity contribution in [2.24, 2.45) is 0 Å². The van der Waals surface area contributed by atoms with Crippen LogP contribution in [0.1, 0.15) is 12.8 Å². The van der Waals surface area contributed by atoms with E-state index in [2.05, 4.69) is 10.5 Å². The molecule has 4 heteroatoms. The zero-order valence-electron chi connectivity index (χ0n) is 8.44. The molecule has 0 saturated carbocycles. The second-order valence-electron chi connectivity index (χ2n) is 3.38. The molecule has 2 rings (SSSR count). The van der Waals surface area contributed by atoms with E-state index < -0.39 is 0 Å². The van der Waals surface area contributed by atoms with E-state index in [9.17, 15) is 0 Å². The van der Waals surface area contributed by atoms with Crippen LogP contribution < -0.4 is 5.32 Å². The lowest BCUT2D eigenvalue weighted by Gasteiger charge is -2.00. The van der Waals surface area contributed by atoms with E-state index in [4.69, 9.17) is 9.63 Å². The predicted molar refractivity (Wildman–Crippen MR) is 58.8 cm³/mol. The summed E-state index contributed by atoms with van der Waals surface area (Å²) in [4.78, 5) is 0. The minimum atomic E-state index is 0.237. The molecule has 4 nitrogen and oxygen atoms in total. The molecular weight excluding hydrogens is 192 g/mol. The van der Waals surface area contributed by atoms with E-state index in [-0.39, 0.29) is 6.61 Å². The van der Waals surface area contributed by atoms with E-state index in [1.807, 2.05) is 24.3 Å². The van der Waals surface area contributed by atoms with Gasteiger partial charge in [0.1, 0.15) is 0 Å². The molecular formula is C11H14N2O2. The van der Waals surface area contributed by atoms with Gasteiger partial charge in [-0.1, -0.05) is 17.3 Å². The summed E-state index contributed by atoms with van der Waals surface area (Å²) < 4.78 is 5.14. The third kappa shape index (κ3) is 2.27. The Hall–Kier alpha value is -1.55. The highest BCUT2D eigenvalue weighted by Gasteiger charge is 2.05. The number of rotatable bonds is 5. The Morgan fingerprint density at radius 3 is 3.00 bits per heavy atom. The van der Waals surface area contributed by atoms with Gasteiger partial charge in [0.15, 0.2) is 11.4 Å². The molecule has 2 N–H and O–H groups in total. The second-order valence-corrected chi connectivity index (χ2v) is 3.38. The standard InChI is InChI=1S/C11H14N2O2/c14-8-4-3-7-12-11-9-5-1-2-6-10(9)15-13-11/h1-2,5-6,14H,3-4,7-8H2,(H,12,13). The number of benzene rings is 1. The Morgan fingerprint density at radius 1 is 1.27 bits per heavy atom. The van der Waals surface area contributed by atoms with Crippen molar-refractivity contribution in [3.63, 3.8) is 0 Å². The molecule has 2 aromatic rings.